The number of hydrogen-bond donors (Lipinski definition) is 0. The summed E-state index contributed by atoms with van der Waals surface area (Å²) in [5.41, 5.74) is 0.311. The lowest BCUT2D eigenvalue weighted by atomic mass is 9.52. The van der Waals surface area contributed by atoms with Gasteiger partial charge in [0.05, 0.1) is 5.41 Å². The molecule has 0 heterocycles. The predicted octanol–water partition coefficient (Wildman–Crippen LogP) is 5.86. The molecule has 0 radical (unpaired) electrons. The van der Waals surface area contributed by atoms with Gasteiger partial charge in [0.25, 0.3) is 0 Å². The van der Waals surface area contributed by atoms with Crippen molar-refractivity contribution in [2.75, 3.05) is 0 Å². The van der Waals surface area contributed by atoms with Crippen LogP contribution in [0.4, 0.5) is 0 Å². The molecule has 0 unspecified atom stereocenters. The molecule has 1 aromatic carbocycles. The van der Waals surface area contributed by atoms with Crippen LogP contribution in [0.2, 0.25) is 0 Å². The van der Waals surface area contributed by atoms with E-state index in [0.717, 1.165) is 12.8 Å². The van der Waals surface area contributed by atoms with E-state index in [1.807, 2.05) is 11.8 Å². The van der Waals surface area contributed by atoms with Crippen molar-refractivity contribution < 1.29 is 4.79 Å². The summed E-state index contributed by atoms with van der Waals surface area (Å²) in [6.45, 7) is 7.01. The number of rotatable bonds is 2. The standard InChI is InChI=1S/C21H26OS/c1-19(2)10-7-11-21-13-17(22)20(3,14-21)18(12-16(19)21)23-15-8-5-4-6-9-15/h4-6,8-9,12,16H,7,10-11,13-14H2,1-3H3/t16-,20+,21+/m0/s1. The quantitative estimate of drug-likeness (QED) is 0.677. The van der Waals surface area contributed by atoms with E-state index >= 15 is 0 Å². The van der Waals surface area contributed by atoms with Crippen molar-refractivity contribution in [3.8, 4) is 0 Å². The minimum absolute atomic E-state index is 0.244. The van der Waals surface area contributed by atoms with Gasteiger partial charge in [0.15, 0.2) is 0 Å². The lowest BCUT2D eigenvalue weighted by molar-refractivity contribution is -0.123. The fourth-order valence-electron chi connectivity index (χ4n) is 5.54. The van der Waals surface area contributed by atoms with E-state index in [1.54, 1.807) is 0 Å². The molecule has 3 aliphatic rings. The lowest BCUT2D eigenvalue weighted by Gasteiger charge is -2.52. The first-order valence-electron chi connectivity index (χ1n) is 8.84. The second kappa shape index (κ2) is 4.99. The zero-order valence-corrected chi connectivity index (χ0v) is 15.2. The Labute approximate surface area is 143 Å². The Morgan fingerprint density at radius 1 is 1.09 bits per heavy atom. The van der Waals surface area contributed by atoms with Gasteiger partial charge < -0.3 is 0 Å². The molecular weight excluding hydrogens is 300 g/mol. The van der Waals surface area contributed by atoms with Crippen LogP contribution in [-0.4, -0.2) is 5.78 Å². The van der Waals surface area contributed by atoms with Crippen LogP contribution in [0.3, 0.4) is 0 Å². The molecule has 1 spiro atoms. The summed E-state index contributed by atoms with van der Waals surface area (Å²) >= 11 is 1.82. The van der Waals surface area contributed by atoms with Crippen LogP contribution in [0.25, 0.3) is 0 Å². The van der Waals surface area contributed by atoms with Gasteiger partial charge in [-0.1, -0.05) is 56.3 Å². The van der Waals surface area contributed by atoms with Crippen molar-refractivity contribution >= 4 is 17.5 Å². The van der Waals surface area contributed by atoms with Crippen LogP contribution < -0.4 is 0 Å². The van der Waals surface area contributed by atoms with Gasteiger partial charge in [0, 0.05) is 11.3 Å². The Bertz CT molecular complexity index is 674. The van der Waals surface area contributed by atoms with E-state index in [2.05, 4.69) is 57.2 Å². The van der Waals surface area contributed by atoms with Crippen LogP contribution in [-0.2, 0) is 4.79 Å². The van der Waals surface area contributed by atoms with Crippen LogP contribution >= 0.6 is 11.8 Å². The number of hydrogen-bond acceptors (Lipinski definition) is 2. The molecule has 0 saturated heterocycles. The average molecular weight is 327 g/mol. The minimum Gasteiger partial charge on any atom is -0.299 e. The van der Waals surface area contributed by atoms with E-state index in [0.29, 0.717) is 17.1 Å². The predicted molar refractivity (Wildman–Crippen MR) is 96.3 cm³/mol. The Kier molecular flexibility index (Phi) is 3.36. The topological polar surface area (TPSA) is 17.1 Å². The Morgan fingerprint density at radius 3 is 2.57 bits per heavy atom. The highest BCUT2D eigenvalue weighted by Gasteiger charge is 2.62. The van der Waals surface area contributed by atoms with E-state index in [1.165, 1.54) is 29.1 Å². The number of benzene rings is 1. The molecule has 122 valence electrons. The summed E-state index contributed by atoms with van der Waals surface area (Å²) in [5, 5.41) is 0. The molecule has 0 N–H and O–H groups in total. The van der Waals surface area contributed by atoms with Crippen molar-refractivity contribution in [2.24, 2.45) is 22.2 Å². The summed E-state index contributed by atoms with van der Waals surface area (Å²) in [5.74, 6) is 1.03. The normalized spacial score (nSPS) is 38.1. The van der Waals surface area contributed by atoms with Gasteiger partial charge >= 0.3 is 0 Å². The van der Waals surface area contributed by atoms with Crippen molar-refractivity contribution in [3.63, 3.8) is 0 Å². The number of ketones is 1. The Hall–Kier alpha value is -1.02. The molecule has 0 aliphatic heterocycles. The highest BCUT2D eigenvalue weighted by Crippen LogP contribution is 2.68. The Balaban J connectivity index is 1.79. The number of thioether (sulfide) groups is 1. The van der Waals surface area contributed by atoms with Crippen molar-refractivity contribution in [1.29, 1.82) is 0 Å². The SMILES string of the molecule is CC1(C)CCC[C@@]23CC(=O)[C@@](C)(C2)C(Sc2ccccc2)=C[C@@H]13. The summed E-state index contributed by atoms with van der Waals surface area (Å²) in [6, 6.07) is 10.5. The summed E-state index contributed by atoms with van der Waals surface area (Å²) in [7, 11) is 0. The van der Waals surface area contributed by atoms with Gasteiger partial charge in [0.1, 0.15) is 5.78 Å². The molecule has 2 bridgehead atoms. The smallest absolute Gasteiger partial charge is 0.144 e. The van der Waals surface area contributed by atoms with Gasteiger partial charge in [-0.15, -0.1) is 0 Å². The molecule has 2 heteroatoms. The fourth-order valence-corrected chi connectivity index (χ4v) is 6.70. The lowest BCUT2D eigenvalue weighted by Crippen LogP contribution is -2.44. The number of allylic oxidation sites excluding steroid dienone is 2. The fraction of sp³-hybridized carbons (Fsp3) is 0.571. The molecule has 0 aromatic heterocycles. The van der Waals surface area contributed by atoms with Gasteiger partial charge in [-0.3, -0.25) is 4.79 Å². The highest BCUT2D eigenvalue weighted by atomic mass is 32.2. The zero-order chi connectivity index (χ0) is 16.3. The van der Waals surface area contributed by atoms with Gasteiger partial charge in [-0.05, 0) is 60.0 Å². The number of carbonyl (C=O) groups is 1. The molecule has 4 rings (SSSR count). The third-order valence-electron chi connectivity index (χ3n) is 6.66. The van der Waals surface area contributed by atoms with Crippen molar-refractivity contribution in [3.05, 3.63) is 41.3 Å². The van der Waals surface area contributed by atoms with Crippen molar-refractivity contribution in [1.82, 2.24) is 0 Å². The molecule has 1 aromatic rings. The molecule has 3 atom stereocenters. The second-order valence-electron chi connectivity index (χ2n) is 8.74. The zero-order valence-electron chi connectivity index (χ0n) is 14.4. The summed E-state index contributed by atoms with van der Waals surface area (Å²) in [4.78, 5) is 15.5. The van der Waals surface area contributed by atoms with Crippen LogP contribution in [0.1, 0.15) is 52.9 Å². The molecule has 3 aliphatic carbocycles. The maximum Gasteiger partial charge on any atom is 0.144 e. The van der Waals surface area contributed by atoms with E-state index in [9.17, 15) is 4.79 Å². The molecule has 23 heavy (non-hydrogen) atoms. The van der Waals surface area contributed by atoms with Gasteiger partial charge in [-0.2, -0.15) is 0 Å². The Morgan fingerprint density at radius 2 is 1.83 bits per heavy atom. The summed E-state index contributed by atoms with van der Waals surface area (Å²) < 4.78 is 0. The minimum atomic E-state index is -0.246. The highest BCUT2D eigenvalue weighted by molar-refractivity contribution is 8.03. The third-order valence-corrected chi connectivity index (χ3v) is 7.98. The second-order valence-corrected chi connectivity index (χ2v) is 9.85. The molecule has 2 fully saturated rings. The first-order chi connectivity index (χ1) is 10.9. The molecule has 0 amide bonds. The van der Waals surface area contributed by atoms with E-state index < -0.39 is 0 Å². The number of fused-ring (bicyclic) bond motifs is 1. The van der Waals surface area contributed by atoms with Crippen LogP contribution in [0.5, 0.6) is 0 Å². The maximum absolute atomic E-state index is 13.0. The van der Waals surface area contributed by atoms with Crippen LogP contribution in [0.15, 0.2) is 46.2 Å². The average Bonchev–Trinajstić information content (AvgIpc) is 2.70. The molecule has 1 nitrogen and oxygen atoms in total. The van der Waals surface area contributed by atoms with Crippen LogP contribution in [0, 0.1) is 22.2 Å². The number of carbonyl (C=O) groups excluding carboxylic acids is 1. The van der Waals surface area contributed by atoms with E-state index in [4.69, 9.17) is 0 Å². The maximum atomic E-state index is 13.0. The molecule has 2 saturated carbocycles. The summed E-state index contributed by atoms with van der Waals surface area (Å²) in [6.07, 6.45) is 8.17. The largest absolute Gasteiger partial charge is 0.299 e. The van der Waals surface area contributed by atoms with Crippen molar-refractivity contribution in [2.45, 2.75) is 57.8 Å². The first-order valence-corrected chi connectivity index (χ1v) is 9.66. The monoisotopic (exact) mass is 326 g/mol. The van der Waals surface area contributed by atoms with Gasteiger partial charge in [-0.25, -0.2) is 0 Å². The molecular formula is C21H26OS. The number of Topliss-reactive ketones (excluding diaryl/α,β-unsaturated/α-hetero) is 1. The van der Waals surface area contributed by atoms with E-state index in [-0.39, 0.29) is 10.8 Å². The third kappa shape index (κ3) is 2.25. The first kappa shape index (κ1) is 15.5. The van der Waals surface area contributed by atoms with Gasteiger partial charge in [0.2, 0.25) is 0 Å².